The number of alkyl halides is 1. The van der Waals surface area contributed by atoms with Gasteiger partial charge in [-0.25, -0.2) is 12.8 Å². The average Bonchev–Trinajstić information content (AvgIpc) is 2.38. The van der Waals surface area contributed by atoms with E-state index in [1.54, 1.807) is 7.05 Å². The second-order valence-electron chi connectivity index (χ2n) is 4.85. The van der Waals surface area contributed by atoms with E-state index in [4.69, 9.17) is 0 Å². The Bertz CT molecular complexity index is 549. The zero-order chi connectivity index (χ0) is 14.0. The van der Waals surface area contributed by atoms with Crippen LogP contribution < -0.4 is 0 Å². The fourth-order valence-electron chi connectivity index (χ4n) is 2.45. The van der Waals surface area contributed by atoms with E-state index in [2.05, 4.69) is 15.9 Å². The highest BCUT2D eigenvalue weighted by Crippen LogP contribution is 2.31. The first-order valence-corrected chi connectivity index (χ1v) is 8.66. The van der Waals surface area contributed by atoms with Gasteiger partial charge in [0.1, 0.15) is 5.82 Å². The SMILES string of the molecule is CN(C1CCCCC1Br)S(=O)(=O)c1cccc(F)c1. The molecule has 19 heavy (non-hydrogen) atoms. The van der Waals surface area contributed by atoms with Crippen LogP contribution in [0, 0.1) is 5.82 Å². The van der Waals surface area contributed by atoms with Crippen LogP contribution in [0.25, 0.3) is 0 Å². The van der Waals surface area contributed by atoms with Gasteiger partial charge < -0.3 is 0 Å². The average molecular weight is 350 g/mol. The van der Waals surface area contributed by atoms with Gasteiger partial charge in [0, 0.05) is 17.9 Å². The zero-order valence-corrected chi connectivity index (χ0v) is 13.1. The second kappa shape index (κ2) is 5.89. The van der Waals surface area contributed by atoms with Gasteiger partial charge in [-0.3, -0.25) is 0 Å². The Labute approximate surface area is 122 Å². The zero-order valence-electron chi connectivity index (χ0n) is 10.7. The summed E-state index contributed by atoms with van der Waals surface area (Å²) in [4.78, 5) is 0.176. The molecule has 1 aliphatic rings. The molecule has 0 radical (unpaired) electrons. The molecule has 0 spiro atoms. The van der Waals surface area contributed by atoms with E-state index < -0.39 is 15.8 Å². The molecule has 1 aliphatic carbocycles. The predicted octanol–water partition coefficient (Wildman–Crippen LogP) is 3.15. The van der Waals surface area contributed by atoms with Crippen LogP contribution in [0.1, 0.15) is 25.7 Å². The number of rotatable bonds is 3. The van der Waals surface area contributed by atoms with Crippen molar-refractivity contribution in [3.8, 4) is 0 Å². The third-order valence-corrected chi connectivity index (χ3v) is 6.53. The lowest BCUT2D eigenvalue weighted by atomic mass is 9.96. The van der Waals surface area contributed by atoms with Crippen molar-refractivity contribution >= 4 is 26.0 Å². The molecule has 0 aromatic heterocycles. The molecule has 0 aliphatic heterocycles. The maximum atomic E-state index is 13.2. The number of sulfonamides is 1. The lowest BCUT2D eigenvalue weighted by Gasteiger charge is -2.34. The molecule has 0 amide bonds. The van der Waals surface area contributed by atoms with Crippen molar-refractivity contribution in [1.29, 1.82) is 0 Å². The van der Waals surface area contributed by atoms with Gasteiger partial charge in [0.2, 0.25) is 10.0 Å². The van der Waals surface area contributed by atoms with Crippen molar-refractivity contribution in [2.24, 2.45) is 0 Å². The highest BCUT2D eigenvalue weighted by Gasteiger charge is 2.33. The summed E-state index contributed by atoms with van der Waals surface area (Å²) in [6.07, 6.45) is 3.94. The lowest BCUT2D eigenvalue weighted by molar-refractivity contribution is 0.297. The minimum absolute atomic E-state index is 0.0141. The fourth-order valence-corrected chi connectivity index (χ4v) is 5.00. The molecule has 6 heteroatoms. The molecule has 3 nitrogen and oxygen atoms in total. The van der Waals surface area contributed by atoms with Crippen LogP contribution in [0.4, 0.5) is 4.39 Å². The Morgan fingerprint density at radius 2 is 2.00 bits per heavy atom. The summed E-state index contributed by atoms with van der Waals surface area (Å²) < 4.78 is 39.5. The van der Waals surface area contributed by atoms with Crippen molar-refractivity contribution in [1.82, 2.24) is 4.31 Å². The van der Waals surface area contributed by atoms with Crippen LogP contribution in [0.2, 0.25) is 0 Å². The Morgan fingerprint density at radius 3 is 2.63 bits per heavy atom. The molecule has 1 aromatic carbocycles. The summed E-state index contributed by atoms with van der Waals surface area (Å²) in [5.41, 5.74) is 0. The van der Waals surface area contributed by atoms with Crippen LogP contribution in [-0.2, 0) is 10.0 Å². The molecule has 1 fully saturated rings. The molecule has 0 bridgehead atoms. The van der Waals surface area contributed by atoms with E-state index >= 15 is 0 Å². The largest absolute Gasteiger partial charge is 0.243 e. The topological polar surface area (TPSA) is 37.4 Å². The highest BCUT2D eigenvalue weighted by atomic mass is 79.9. The number of hydrogen-bond donors (Lipinski definition) is 0. The van der Waals surface area contributed by atoms with Gasteiger partial charge in [0.25, 0.3) is 0 Å². The Morgan fingerprint density at radius 1 is 1.32 bits per heavy atom. The minimum atomic E-state index is -3.63. The molecule has 0 saturated heterocycles. The van der Waals surface area contributed by atoms with E-state index in [0.29, 0.717) is 0 Å². The smallest absolute Gasteiger partial charge is 0.207 e. The van der Waals surface area contributed by atoms with E-state index in [-0.39, 0.29) is 15.8 Å². The maximum absolute atomic E-state index is 13.2. The van der Waals surface area contributed by atoms with Gasteiger partial charge in [-0.1, -0.05) is 34.8 Å². The summed E-state index contributed by atoms with van der Waals surface area (Å²) in [5, 5.41) is 0. The number of nitrogens with zero attached hydrogens (tertiary/aromatic N) is 1. The number of hydrogen-bond acceptors (Lipinski definition) is 2. The molecular formula is C13H17BrFNO2S. The van der Waals surface area contributed by atoms with Crippen molar-refractivity contribution in [3.63, 3.8) is 0 Å². The first-order chi connectivity index (χ1) is 8.93. The normalized spacial score (nSPS) is 24.6. The molecule has 0 heterocycles. The van der Waals surface area contributed by atoms with Crippen LogP contribution in [0.15, 0.2) is 29.2 Å². The monoisotopic (exact) mass is 349 g/mol. The van der Waals surface area contributed by atoms with Crippen LogP contribution in [0.5, 0.6) is 0 Å². The van der Waals surface area contributed by atoms with E-state index in [9.17, 15) is 12.8 Å². The van der Waals surface area contributed by atoms with Crippen LogP contribution >= 0.6 is 15.9 Å². The van der Waals surface area contributed by atoms with Crippen LogP contribution in [-0.4, -0.2) is 30.6 Å². The van der Waals surface area contributed by atoms with Crippen molar-refractivity contribution in [2.45, 2.75) is 41.4 Å². The van der Waals surface area contributed by atoms with Crippen molar-refractivity contribution in [2.75, 3.05) is 7.05 Å². The first-order valence-electron chi connectivity index (χ1n) is 6.30. The van der Waals surface area contributed by atoms with Gasteiger partial charge in [-0.2, -0.15) is 4.31 Å². The summed E-state index contributed by atoms with van der Waals surface area (Å²) in [6, 6.07) is 5.09. The standard InChI is InChI=1S/C13H17BrFNO2S/c1-16(13-8-3-2-7-12(13)14)19(17,18)11-6-4-5-10(15)9-11/h4-6,9,12-13H,2-3,7-8H2,1H3. The first kappa shape index (κ1) is 14.9. The Hall–Kier alpha value is -0.460. The van der Waals surface area contributed by atoms with Crippen LogP contribution in [0.3, 0.4) is 0 Å². The molecule has 2 atom stereocenters. The van der Waals surface area contributed by atoms with Gasteiger partial charge in [0.15, 0.2) is 0 Å². The Balaban J connectivity index is 2.28. The quantitative estimate of drug-likeness (QED) is 0.786. The predicted molar refractivity (Wildman–Crippen MR) is 76.3 cm³/mol. The molecule has 2 unspecified atom stereocenters. The summed E-state index contributed by atoms with van der Waals surface area (Å²) >= 11 is 3.55. The fraction of sp³-hybridized carbons (Fsp3) is 0.538. The molecular weight excluding hydrogens is 333 g/mol. The minimum Gasteiger partial charge on any atom is -0.207 e. The molecule has 2 rings (SSSR count). The van der Waals surface area contributed by atoms with Gasteiger partial charge in [-0.05, 0) is 31.0 Å². The van der Waals surface area contributed by atoms with E-state index in [1.165, 1.54) is 22.5 Å². The molecule has 1 aromatic rings. The third-order valence-electron chi connectivity index (χ3n) is 3.59. The molecule has 106 valence electrons. The van der Waals surface area contributed by atoms with E-state index in [0.717, 1.165) is 31.7 Å². The maximum Gasteiger partial charge on any atom is 0.243 e. The second-order valence-corrected chi connectivity index (χ2v) is 8.02. The molecule has 1 saturated carbocycles. The summed E-state index contributed by atoms with van der Waals surface area (Å²) in [7, 11) is -2.06. The summed E-state index contributed by atoms with van der Waals surface area (Å²) in [6.45, 7) is 0. The van der Waals surface area contributed by atoms with Gasteiger partial charge >= 0.3 is 0 Å². The Kier molecular flexibility index (Phi) is 4.63. The van der Waals surface area contributed by atoms with Gasteiger partial charge in [-0.15, -0.1) is 0 Å². The highest BCUT2D eigenvalue weighted by molar-refractivity contribution is 9.09. The van der Waals surface area contributed by atoms with Crippen molar-refractivity contribution < 1.29 is 12.8 Å². The third kappa shape index (κ3) is 3.17. The molecule has 0 N–H and O–H groups in total. The van der Waals surface area contributed by atoms with E-state index in [1.807, 2.05) is 0 Å². The number of benzene rings is 1. The van der Waals surface area contributed by atoms with Crippen molar-refractivity contribution in [3.05, 3.63) is 30.1 Å². The van der Waals surface area contributed by atoms with Gasteiger partial charge in [0.05, 0.1) is 4.90 Å². The summed E-state index contributed by atoms with van der Waals surface area (Å²) in [5.74, 6) is -0.534. The number of halogens is 2. The lowest BCUT2D eigenvalue weighted by Crippen LogP contribution is -2.43.